The van der Waals surface area contributed by atoms with E-state index in [4.69, 9.17) is 11.6 Å². The molecule has 2 nitrogen and oxygen atoms in total. The maximum atomic E-state index is 6.17. The van der Waals surface area contributed by atoms with Crippen molar-refractivity contribution in [3.63, 3.8) is 0 Å². The smallest absolute Gasteiger partial charge is 0.0738 e. The summed E-state index contributed by atoms with van der Waals surface area (Å²) in [6.45, 7) is 2.01. The van der Waals surface area contributed by atoms with E-state index in [1.54, 1.807) is 0 Å². The van der Waals surface area contributed by atoms with Crippen molar-refractivity contribution in [1.82, 2.24) is 9.78 Å². The summed E-state index contributed by atoms with van der Waals surface area (Å²) >= 11 is 13.4. The minimum absolute atomic E-state index is 0.390. The SMILES string of the molecule is Cc1nn(C)c(CC(CCl)Cc2ccccc2Br)c1Br. The molecule has 0 aliphatic rings. The van der Waals surface area contributed by atoms with Crippen LogP contribution in [0.25, 0.3) is 0 Å². The van der Waals surface area contributed by atoms with Gasteiger partial charge in [0.25, 0.3) is 0 Å². The molecule has 0 saturated carbocycles. The molecule has 0 fully saturated rings. The lowest BCUT2D eigenvalue weighted by Gasteiger charge is -2.15. The Balaban J connectivity index is 2.15. The van der Waals surface area contributed by atoms with Crippen LogP contribution in [0.5, 0.6) is 0 Å². The Morgan fingerprint density at radius 1 is 1.25 bits per heavy atom. The number of alkyl halides is 1. The fraction of sp³-hybridized carbons (Fsp3) is 0.400. The Bertz CT molecular complexity index is 596. The van der Waals surface area contributed by atoms with Gasteiger partial charge in [0.05, 0.1) is 15.9 Å². The average molecular weight is 421 g/mol. The van der Waals surface area contributed by atoms with E-state index in [1.807, 2.05) is 24.7 Å². The zero-order valence-corrected chi connectivity index (χ0v) is 15.5. The molecule has 2 rings (SSSR count). The Morgan fingerprint density at radius 2 is 1.95 bits per heavy atom. The van der Waals surface area contributed by atoms with Crippen molar-refractivity contribution in [2.45, 2.75) is 19.8 Å². The summed E-state index contributed by atoms with van der Waals surface area (Å²) in [5.74, 6) is 1.03. The highest BCUT2D eigenvalue weighted by Crippen LogP contribution is 2.26. The summed E-state index contributed by atoms with van der Waals surface area (Å²) in [7, 11) is 1.98. The molecule has 0 spiro atoms. The molecule has 2 aromatic rings. The van der Waals surface area contributed by atoms with Gasteiger partial charge in [-0.05, 0) is 53.2 Å². The van der Waals surface area contributed by atoms with Crippen LogP contribution in [0.2, 0.25) is 0 Å². The molecule has 0 aliphatic heterocycles. The van der Waals surface area contributed by atoms with Gasteiger partial charge in [-0.25, -0.2) is 0 Å². The summed E-state index contributed by atoms with van der Waals surface area (Å²) in [5.41, 5.74) is 3.53. The zero-order valence-electron chi connectivity index (χ0n) is 11.5. The predicted molar refractivity (Wildman–Crippen MR) is 91.4 cm³/mol. The summed E-state index contributed by atoms with van der Waals surface area (Å²) < 4.78 is 4.19. The van der Waals surface area contributed by atoms with Crippen LogP contribution >= 0.6 is 43.5 Å². The first-order valence-electron chi connectivity index (χ1n) is 6.50. The molecule has 1 unspecified atom stereocenters. The van der Waals surface area contributed by atoms with Crippen molar-refractivity contribution in [3.8, 4) is 0 Å². The van der Waals surface area contributed by atoms with E-state index in [9.17, 15) is 0 Å². The molecular weight excluding hydrogens is 403 g/mol. The lowest BCUT2D eigenvalue weighted by molar-refractivity contribution is 0.549. The van der Waals surface area contributed by atoms with Crippen molar-refractivity contribution >= 4 is 43.5 Å². The molecule has 5 heteroatoms. The third-order valence-electron chi connectivity index (χ3n) is 3.43. The van der Waals surface area contributed by atoms with E-state index in [-0.39, 0.29) is 0 Å². The molecule has 0 saturated heterocycles. The summed E-state index contributed by atoms with van der Waals surface area (Å²) in [6, 6.07) is 8.32. The first-order valence-corrected chi connectivity index (χ1v) is 8.62. The van der Waals surface area contributed by atoms with E-state index < -0.39 is 0 Å². The number of hydrogen-bond acceptors (Lipinski definition) is 1. The van der Waals surface area contributed by atoms with Crippen LogP contribution in [0.1, 0.15) is 17.0 Å². The van der Waals surface area contributed by atoms with Gasteiger partial charge in [-0.15, -0.1) is 11.6 Å². The largest absolute Gasteiger partial charge is 0.271 e. The van der Waals surface area contributed by atoms with Gasteiger partial charge in [-0.3, -0.25) is 4.68 Å². The van der Waals surface area contributed by atoms with Crippen LogP contribution in [0, 0.1) is 12.8 Å². The van der Waals surface area contributed by atoms with Crippen LogP contribution in [-0.4, -0.2) is 15.7 Å². The molecule has 0 radical (unpaired) electrons. The normalized spacial score (nSPS) is 12.7. The Kier molecular flexibility index (Phi) is 5.70. The van der Waals surface area contributed by atoms with Crippen molar-refractivity contribution in [3.05, 3.63) is 50.2 Å². The van der Waals surface area contributed by atoms with Gasteiger partial charge >= 0.3 is 0 Å². The second-order valence-corrected chi connectivity index (χ2v) is 6.95. The van der Waals surface area contributed by atoms with E-state index in [0.717, 1.165) is 27.5 Å². The number of halogens is 3. The lowest BCUT2D eigenvalue weighted by Crippen LogP contribution is -2.13. The van der Waals surface area contributed by atoms with Gasteiger partial charge < -0.3 is 0 Å². The fourth-order valence-corrected chi connectivity index (χ4v) is 3.49. The highest BCUT2D eigenvalue weighted by Gasteiger charge is 2.17. The van der Waals surface area contributed by atoms with E-state index in [2.05, 4.69) is 55.2 Å². The minimum Gasteiger partial charge on any atom is -0.271 e. The third kappa shape index (κ3) is 3.66. The first kappa shape index (κ1) is 16.1. The number of aryl methyl sites for hydroxylation is 2. The van der Waals surface area contributed by atoms with Gasteiger partial charge in [0, 0.05) is 17.4 Å². The maximum Gasteiger partial charge on any atom is 0.0738 e. The zero-order chi connectivity index (χ0) is 14.7. The lowest BCUT2D eigenvalue weighted by atomic mass is 9.96. The van der Waals surface area contributed by atoms with Gasteiger partial charge in [-0.2, -0.15) is 5.10 Å². The van der Waals surface area contributed by atoms with Crippen molar-refractivity contribution in [2.24, 2.45) is 13.0 Å². The molecule has 20 heavy (non-hydrogen) atoms. The highest BCUT2D eigenvalue weighted by atomic mass is 79.9. The first-order chi connectivity index (χ1) is 9.52. The number of aromatic nitrogens is 2. The van der Waals surface area contributed by atoms with Crippen LogP contribution in [-0.2, 0) is 19.9 Å². The molecule has 1 atom stereocenters. The number of hydrogen-bond donors (Lipinski definition) is 0. The molecule has 1 aromatic heterocycles. The maximum absolute atomic E-state index is 6.17. The van der Waals surface area contributed by atoms with Crippen molar-refractivity contribution in [1.29, 1.82) is 0 Å². The number of rotatable bonds is 5. The number of benzene rings is 1. The Labute approximate surface area is 141 Å². The van der Waals surface area contributed by atoms with E-state index in [1.165, 1.54) is 11.3 Å². The quantitative estimate of drug-likeness (QED) is 0.630. The molecule has 1 aromatic carbocycles. The summed E-state index contributed by atoms with van der Waals surface area (Å²) in [5, 5.41) is 4.44. The predicted octanol–water partition coefficient (Wildman–Crippen LogP) is 4.89. The minimum atomic E-state index is 0.390. The molecular formula is C15H17Br2ClN2. The van der Waals surface area contributed by atoms with Gasteiger partial charge in [0.15, 0.2) is 0 Å². The molecule has 108 valence electrons. The second kappa shape index (κ2) is 7.10. The van der Waals surface area contributed by atoms with Crippen LogP contribution in [0.3, 0.4) is 0 Å². The topological polar surface area (TPSA) is 17.8 Å². The number of nitrogens with zero attached hydrogens (tertiary/aromatic N) is 2. The summed E-state index contributed by atoms with van der Waals surface area (Å²) in [6.07, 6.45) is 1.88. The summed E-state index contributed by atoms with van der Waals surface area (Å²) in [4.78, 5) is 0. The Hall–Kier alpha value is -0.320. The highest BCUT2D eigenvalue weighted by molar-refractivity contribution is 9.10. The molecule has 0 N–H and O–H groups in total. The van der Waals surface area contributed by atoms with Crippen molar-refractivity contribution < 1.29 is 0 Å². The van der Waals surface area contributed by atoms with Crippen LogP contribution in [0.4, 0.5) is 0 Å². The molecule has 1 heterocycles. The van der Waals surface area contributed by atoms with E-state index >= 15 is 0 Å². The Morgan fingerprint density at radius 3 is 2.50 bits per heavy atom. The molecule has 0 bridgehead atoms. The second-order valence-electron chi connectivity index (χ2n) is 4.99. The third-order valence-corrected chi connectivity index (χ3v) is 5.67. The molecule has 0 aliphatic carbocycles. The van der Waals surface area contributed by atoms with Crippen molar-refractivity contribution in [2.75, 3.05) is 5.88 Å². The molecule has 0 amide bonds. The van der Waals surface area contributed by atoms with Crippen LogP contribution in [0.15, 0.2) is 33.2 Å². The van der Waals surface area contributed by atoms with Gasteiger partial charge in [-0.1, -0.05) is 34.1 Å². The van der Waals surface area contributed by atoms with Crippen LogP contribution < -0.4 is 0 Å². The monoisotopic (exact) mass is 418 g/mol. The van der Waals surface area contributed by atoms with Gasteiger partial charge in [0.1, 0.15) is 0 Å². The average Bonchev–Trinajstić information content (AvgIpc) is 2.66. The van der Waals surface area contributed by atoms with Gasteiger partial charge in [0.2, 0.25) is 0 Å². The fourth-order valence-electron chi connectivity index (χ4n) is 2.33. The van der Waals surface area contributed by atoms with E-state index in [0.29, 0.717) is 11.8 Å². The standard InChI is InChI=1S/C15H17Br2ClN2/c1-10-15(17)14(20(2)19-10)8-11(9-18)7-12-5-3-4-6-13(12)16/h3-6,11H,7-9H2,1-2H3.